The highest BCUT2D eigenvalue weighted by Crippen LogP contribution is 2.09. The number of morpholine rings is 1. The predicted molar refractivity (Wildman–Crippen MR) is 116 cm³/mol. The summed E-state index contributed by atoms with van der Waals surface area (Å²) in [5.74, 6) is 1.71. The molecule has 2 saturated heterocycles. The first-order chi connectivity index (χ1) is 12.2. The Kier molecular flexibility index (Phi) is 12.2. The van der Waals surface area contributed by atoms with Gasteiger partial charge < -0.3 is 20.3 Å². The number of hydrogen-bond acceptors (Lipinski definition) is 4. The molecule has 2 heterocycles. The largest absolute Gasteiger partial charge is 0.379 e. The zero-order chi connectivity index (χ0) is 17.9. The van der Waals surface area contributed by atoms with Crippen LogP contribution in [-0.2, 0) is 9.53 Å². The van der Waals surface area contributed by atoms with E-state index in [4.69, 9.17) is 9.73 Å². The molecule has 1 unspecified atom stereocenters. The van der Waals surface area contributed by atoms with Crippen molar-refractivity contribution in [2.24, 2.45) is 10.9 Å². The lowest BCUT2D eigenvalue weighted by Gasteiger charge is -2.28. The number of guanidine groups is 1. The van der Waals surface area contributed by atoms with Crippen LogP contribution in [0.4, 0.5) is 0 Å². The van der Waals surface area contributed by atoms with E-state index in [1.807, 2.05) is 4.90 Å². The molecule has 7 nitrogen and oxygen atoms in total. The van der Waals surface area contributed by atoms with Crippen LogP contribution in [0.25, 0.3) is 0 Å². The Balaban J connectivity index is 0.00000338. The highest BCUT2D eigenvalue weighted by Gasteiger charge is 2.19. The van der Waals surface area contributed by atoms with Crippen molar-refractivity contribution >= 4 is 35.8 Å². The Bertz CT molecular complexity index is 430. The number of amides is 1. The van der Waals surface area contributed by atoms with Gasteiger partial charge in [0.1, 0.15) is 0 Å². The Morgan fingerprint density at radius 2 is 2.04 bits per heavy atom. The number of nitrogens with zero attached hydrogens (tertiary/aromatic N) is 3. The van der Waals surface area contributed by atoms with Crippen molar-refractivity contribution in [3.05, 3.63) is 0 Å². The molecule has 2 aliphatic rings. The van der Waals surface area contributed by atoms with Crippen molar-refractivity contribution in [1.82, 2.24) is 20.4 Å². The van der Waals surface area contributed by atoms with Crippen LogP contribution in [0.5, 0.6) is 0 Å². The fourth-order valence-corrected chi connectivity index (χ4v) is 3.29. The first kappa shape index (κ1) is 23.4. The predicted octanol–water partition coefficient (Wildman–Crippen LogP) is 1.14. The maximum atomic E-state index is 11.6. The number of nitrogens with one attached hydrogen (secondary N) is 2. The van der Waals surface area contributed by atoms with Crippen LogP contribution < -0.4 is 10.6 Å². The van der Waals surface area contributed by atoms with Gasteiger partial charge in [0.15, 0.2) is 5.96 Å². The first-order valence-electron chi connectivity index (χ1n) is 9.79. The summed E-state index contributed by atoms with van der Waals surface area (Å²) in [6, 6.07) is 0. The molecule has 0 aromatic carbocycles. The van der Waals surface area contributed by atoms with E-state index in [1.165, 1.54) is 0 Å². The van der Waals surface area contributed by atoms with Crippen LogP contribution in [0.1, 0.15) is 33.1 Å². The van der Waals surface area contributed by atoms with Gasteiger partial charge in [0.25, 0.3) is 0 Å². The minimum Gasteiger partial charge on any atom is -0.379 e. The topological polar surface area (TPSA) is 69.2 Å². The molecule has 0 bridgehead atoms. The van der Waals surface area contributed by atoms with Crippen LogP contribution in [0.2, 0.25) is 0 Å². The van der Waals surface area contributed by atoms with Gasteiger partial charge >= 0.3 is 0 Å². The van der Waals surface area contributed by atoms with E-state index in [-0.39, 0.29) is 24.0 Å². The molecule has 2 fully saturated rings. The normalized spacial score (nSPS) is 20.0. The fraction of sp³-hybridized carbons (Fsp3) is 0.889. The van der Waals surface area contributed by atoms with Gasteiger partial charge in [-0.25, -0.2) is 0 Å². The highest BCUT2D eigenvalue weighted by molar-refractivity contribution is 14.0. The van der Waals surface area contributed by atoms with Gasteiger partial charge in [-0.15, -0.1) is 24.0 Å². The lowest BCUT2D eigenvalue weighted by molar-refractivity contribution is -0.127. The van der Waals surface area contributed by atoms with Crippen LogP contribution in [0, 0.1) is 5.92 Å². The Morgan fingerprint density at radius 3 is 2.69 bits per heavy atom. The number of aliphatic imine (C=N–C) groups is 1. The average Bonchev–Trinajstić information content (AvgIpc) is 3.02. The van der Waals surface area contributed by atoms with E-state index in [9.17, 15) is 4.79 Å². The van der Waals surface area contributed by atoms with Crippen molar-refractivity contribution in [3.63, 3.8) is 0 Å². The Hall–Kier alpha value is -0.610. The highest BCUT2D eigenvalue weighted by atomic mass is 127. The lowest BCUT2D eigenvalue weighted by Crippen LogP contribution is -2.41. The van der Waals surface area contributed by atoms with Crippen LogP contribution >= 0.6 is 24.0 Å². The van der Waals surface area contributed by atoms with E-state index >= 15 is 0 Å². The number of carbonyl (C=O) groups excluding carboxylic acids is 1. The van der Waals surface area contributed by atoms with Gasteiger partial charge in [0.2, 0.25) is 5.91 Å². The Labute approximate surface area is 175 Å². The molecule has 8 heteroatoms. The molecule has 2 aliphatic heterocycles. The molecule has 0 aromatic rings. The summed E-state index contributed by atoms with van der Waals surface area (Å²) in [5, 5.41) is 6.69. The third-order valence-corrected chi connectivity index (χ3v) is 4.65. The minimum atomic E-state index is 0. The molecule has 0 aliphatic carbocycles. The summed E-state index contributed by atoms with van der Waals surface area (Å²) in [5.41, 5.74) is 0. The number of hydrogen-bond donors (Lipinski definition) is 2. The van der Waals surface area contributed by atoms with Gasteiger partial charge in [-0.05, 0) is 25.7 Å². The third-order valence-electron chi connectivity index (χ3n) is 4.65. The van der Waals surface area contributed by atoms with E-state index in [0.717, 1.165) is 90.8 Å². The minimum absolute atomic E-state index is 0. The molecule has 0 saturated carbocycles. The standard InChI is InChI=1S/C18H35N5O2.HI/c1-3-19-18(20-7-5-9-23-8-4-6-17(23)24)21-14-16(2)15-22-10-12-25-13-11-22;/h16H,3-15H2,1-2H3,(H2,19,20,21);1H. The molecule has 152 valence electrons. The SMILES string of the molecule is CCNC(=NCC(C)CN1CCOCC1)NCCCN1CCCC1=O.I. The number of ether oxygens (including phenoxy) is 1. The molecule has 2 rings (SSSR count). The molecule has 0 aromatic heterocycles. The number of halogens is 1. The summed E-state index contributed by atoms with van der Waals surface area (Å²) in [6.07, 6.45) is 2.69. The maximum Gasteiger partial charge on any atom is 0.222 e. The van der Waals surface area contributed by atoms with Crippen LogP contribution in [0.15, 0.2) is 4.99 Å². The van der Waals surface area contributed by atoms with Crippen LogP contribution in [0.3, 0.4) is 0 Å². The monoisotopic (exact) mass is 481 g/mol. The zero-order valence-corrected chi connectivity index (χ0v) is 18.7. The summed E-state index contributed by atoms with van der Waals surface area (Å²) in [7, 11) is 0. The van der Waals surface area contributed by atoms with Crippen molar-refractivity contribution < 1.29 is 9.53 Å². The Morgan fingerprint density at radius 1 is 1.27 bits per heavy atom. The molecular formula is C18H36IN5O2. The van der Waals surface area contributed by atoms with Gasteiger partial charge in [0.05, 0.1) is 13.2 Å². The van der Waals surface area contributed by atoms with E-state index < -0.39 is 0 Å². The number of likely N-dealkylation sites (tertiary alicyclic amines) is 1. The van der Waals surface area contributed by atoms with E-state index in [0.29, 0.717) is 11.8 Å². The molecule has 0 spiro atoms. The average molecular weight is 481 g/mol. The summed E-state index contributed by atoms with van der Waals surface area (Å²) in [6.45, 7) is 13.4. The molecule has 1 atom stereocenters. The second-order valence-electron chi connectivity index (χ2n) is 7.00. The maximum absolute atomic E-state index is 11.6. The smallest absolute Gasteiger partial charge is 0.222 e. The summed E-state index contributed by atoms with van der Waals surface area (Å²) < 4.78 is 5.40. The van der Waals surface area contributed by atoms with Crippen molar-refractivity contribution in [2.45, 2.75) is 33.1 Å². The summed E-state index contributed by atoms with van der Waals surface area (Å²) in [4.78, 5) is 20.7. The first-order valence-corrected chi connectivity index (χ1v) is 9.79. The van der Waals surface area contributed by atoms with Gasteiger partial charge in [0, 0.05) is 58.8 Å². The van der Waals surface area contributed by atoms with Crippen molar-refractivity contribution in [1.29, 1.82) is 0 Å². The zero-order valence-electron chi connectivity index (χ0n) is 16.3. The quantitative estimate of drug-likeness (QED) is 0.224. The van der Waals surface area contributed by atoms with E-state index in [2.05, 4.69) is 29.4 Å². The van der Waals surface area contributed by atoms with Gasteiger partial charge in [-0.2, -0.15) is 0 Å². The third kappa shape index (κ3) is 8.85. The molecule has 1 amide bonds. The number of carbonyl (C=O) groups is 1. The van der Waals surface area contributed by atoms with Crippen molar-refractivity contribution in [3.8, 4) is 0 Å². The number of rotatable bonds is 9. The molecule has 26 heavy (non-hydrogen) atoms. The second kappa shape index (κ2) is 13.5. The summed E-state index contributed by atoms with van der Waals surface area (Å²) >= 11 is 0. The van der Waals surface area contributed by atoms with Gasteiger partial charge in [-0.1, -0.05) is 6.92 Å². The molecule has 2 N–H and O–H groups in total. The fourth-order valence-electron chi connectivity index (χ4n) is 3.29. The van der Waals surface area contributed by atoms with Gasteiger partial charge in [-0.3, -0.25) is 14.7 Å². The molecule has 0 radical (unpaired) electrons. The van der Waals surface area contributed by atoms with Crippen LogP contribution in [-0.4, -0.2) is 87.2 Å². The van der Waals surface area contributed by atoms with E-state index in [1.54, 1.807) is 0 Å². The molecular weight excluding hydrogens is 445 g/mol. The van der Waals surface area contributed by atoms with Crippen molar-refractivity contribution in [2.75, 3.05) is 65.6 Å². The second-order valence-corrected chi connectivity index (χ2v) is 7.00. The lowest BCUT2D eigenvalue weighted by atomic mass is 10.1.